The number of aryl methyl sites for hydroxylation is 1. The molecule has 3 N–H and O–H groups in total. The molecule has 0 aliphatic carbocycles. The fourth-order valence-corrected chi connectivity index (χ4v) is 3.75. The lowest BCUT2D eigenvalue weighted by Gasteiger charge is -2.24. The van der Waals surface area contributed by atoms with Crippen molar-refractivity contribution in [3.8, 4) is 17.1 Å². The highest BCUT2D eigenvalue weighted by atomic mass is 16.5. The molecule has 2 aromatic heterocycles. The third-order valence-corrected chi connectivity index (χ3v) is 5.51. The quantitative estimate of drug-likeness (QED) is 0.387. The first-order valence-electron chi connectivity index (χ1n) is 12.2. The number of nitrogens with zero attached hydrogens (tertiary/aromatic N) is 4. The topological polar surface area (TPSA) is 149 Å². The third-order valence-electron chi connectivity index (χ3n) is 5.51. The van der Waals surface area contributed by atoms with Crippen molar-refractivity contribution in [2.45, 2.75) is 59.9 Å². The van der Waals surface area contributed by atoms with E-state index in [0.29, 0.717) is 37.8 Å². The highest BCUT2D eigenvalue weighted by Gasteiger charge is 2.24. The van der Waals surface area contributed by atoms with Crippen molar-refractivity contribution in [1.82, 2.24) is 19.7 Å². The molecule has 0 aliphatic rings. The number of nitrogens with two attached hydrogens (primary N) is 1. The van der Waals surface area contributed by atoms with Crippen molar-refractivity contribution in [1.29, 1.82) is 0 Å². The van der Waals surface area contributed by atoms with E-state index in [-0.39, 0.29) is 36.2 Å². The highest BCUT2D eigenvalue weighted by Crippen LogP contribution is 2.22. The fourth-order valence-electron chi connectivity index (χ4n) is 3.75. The molecule has 0 atom stereocenters. The van der Waals surface area contributed by atoms with Gasteiger partial charge in [-0.3, -0.25) is 19.1 Å². The average molecular weight is 499 g/mol. The first-order chi connectivity index (χ1) is 17.2. The van der Waals surface area contributed by atoms with Crippen LogP contribution in [0.1, 0.15) is 52.8 Å². The van der Waals surface area contributed by atoms with E-state index in [0.717, 1.165) is 17.7 Å². The number of benzene rings is 1. The Kier molecular flexibility index (Phi) is 9.04. The molecular weight excluding hydrogens is 464 g/mol. The van der Waals surface area contributed by atoms with E-state index >= 15 is 0 Å². The summed E-state index contributed by atoms with van der Waals surface area (Å²) in [4.78, 5) is 46.3. The molecule has 0 spiro atoms. The Hall–Kier alpha value is -3.89. The number of carbonyl (C=O) groups excluding carboxylic acids is 1. The molecule has 3 rings (SSSR count). The van der Waals surface area contributed by atoms with Crippen molar-refractivity contribution < 1.29 is 14.1 Å². The molecule has 3 aromatic rings. The SMILES string of the molecule is CCCCN(C(=O)CCc1nc(-c2ccc(OCC)cc2)no1)c1c(N)n(CC(C)C)c(=O)[nH]c1=O. The summed E-state index contributed by atoms with van der Waals surface area (Å²) in [5.74, 6) is 1.23. The van der Waals surface area contributed by atoms with Gasteiger partial charge in [0, 0.05) is 31.5 Å². The Balaban J connectivity index is 1.79. The van der Waals surface area contributed by atoms with Crippen LogP contribution in [-0.2, 0) is 17.8 Å². The number of rotatable bonds is 12. The second-order valence-electron chi connectivity index (χ2n) is 8.87. The van der Waals surface area contributed by atoms with Gasteiger partial charge in [0.05, 0.1) is 6.61 Å². The van der Waals surface area contributed by atoms with Crippen LogP contribution in [0, 0.1) is 5.92 Å². The van der Waals surface area contributed by atoms with E-state index in [4.69, 9.17) is 15.0 Å². The summed E-state index contributed by atoms with van der Waals surface area (Å²) in [5, 5.41) is 4.00. The number of nitrogen functional groups attached to an aromatic ring is 1. The van der Waals surface area contributed by atoms with Crippen molar-refractivity contribution >= 4 is 17.4 Å². The van der Waals surface area contributed by atoms with Crippen LogP contribution in [0.5, 0.6) is 5.75 Å². The summed E-state index contributed by atoms with van der Waals surface area (Å²) in [6.07, 6.45) is 1.68. The number of H-pyrrole nitrogens is 1. The van der Waals surface area contributed by atoms with Crippen molar-refractivity contribution in [3.05, 3.63) is 51.0 Å². The highest BCUT2D eigenvalue weighted by molar-refractivity contribution is 5.95. The number of ether oxygens (including phenoxy) is 1. The van der Waals surface area contributed by atoms with Gasteiger partial charge in [0.2, 0.25) is 17.6 Å². The maximum Gasteiger partial charge on any atom is 0.330 e. The van der Waals surface area contributed by atoms with Crippen molar-refractivity contribution in [2.75, 3.05) is 23.8 Å². The maximum atomic E-state index is 13.2. The lowest BCUT2D eigenvalue weighted by Crippen LogP contribution is -2.42. The summed E-state index contributed by atoms with van der Waals surface area (Å²) in [6.45, 7) is 8.95. The van der Waals surface area contributed by atoms with E-state index in [1.807, 2.05) is 52.0 Å². The Bertz CT molecular complexity index is 1280. The summed E-state index contributed by atoms with van der Waals surface area (Å²) in [5.41, 5.74) is 5.73. The number of hydrogen-bond donors (Lipinski definition) is 2. The van der Waals surface area contributed by atoms with Crippen LogP contribution in [0.3, 0.4) is 0 Å². The van der Waals surface area contributed by atoms with Crippen LogP contribution < -0.4 is 26.6 Å². The monoisotopic (exact) mass is 498 g/mol. The first kappa shape index (κ1) is 26.7. The zero-order valence-electron chi connectivity index (χ0n) is 21.2. The molecule has 0 saturated carbocycles. The molecule has 0 bridgehead atoms. The van der Waals surface area contributed by atoms with Gasteiger partial charge in [-0.1, -0.05) is 32.3 Å². The van der Waals surface area contributed by atoms with Crippen molar-refractivity contribution in [2.24, 2.45) is 5.92 Å². The smallest absolute Gasteiger partial charge is 0.330 e. The third kappa shape index (κ3) is 6.41. The molecule has 0 radical (unpaired) electrons. The average Bonchev–Trinajstić information content (AvgIpc) is 3.32. The second kappa shape index (κ2) is 12.2. The molecule has 0 saturated heterocycles. The number of aromatic amines is 1. The number of amides is 1. The molecule has 1 amide bonds. The molecule has 0 aliphatic heterocycles. The van der Waals surface area contributed by atoms with Gasteiger partial charge in [-0.2, -0.15) is 4.98 Å². The number of aromatic nitrogens is 4. The summed E-state index contributed by atoms with van der Waals surface area (Å²) < 4.78 is 12.1. The largest absolute Gasteiger partial charge is 0.494 e. The molecule has 0 fully saturated rings. The minimum atomic E-state index is -0.683. The van der Waals surface area contributed by atoms with Crippen LogP contribution in [0.4, 0.5) is 11.5 Å². The van der Waals surface area contributed by atoms with Gasteiger partial charge >= 0.3 is 5.69 Å². The lowest BCUT2D eigenvalue weighted by atomic mass is 10.2. The Labute approximate surface area is 209 Å². The summed E-state index contributed by atoms with van der Waals surface area (Å²) >= 11 is 0. The van der Waals surface area contributed by atoms with Gasteiger partial charge < -0.3 is 19.9 Å². The molecule has 11 heteroatoms. The van der Waals surface area contributed by atoms with E-state index in [9.17, 15) is 14.4 Å². The normalized spacial score (nSPS) is 11.1. The molecule has 194 valence electrons. The van der Waals surface area contributed by atoms with E-state index in [2.05, 4.69) is 15.1 Å². The zero-order chi connectivity index (χ0) is 26.2. The van der Waals surface area contributed by atoms with Crippen LogP contribution in [0.25, 0.3) is 11.4 Å². The van der Waals surface area contributed by atoms with Gasteiger partial charge in [-0.15, -0.1) is 0 Å². The van der Waals surface area contributed by atoms with Gasteiger partial charge in [-0.25, -0.2) is 4.79 Å². The van der Waals surface area contributed by atoms with Gasteiger partial charge in [-0.05, 0) is 43.5 Å². The standard InChI is InChI=1S/C25H34N6O5/c1-5-7-14-30(21-22(26)31(15-16(3)4)25(34)28-24(21)33)20(32)13-12-19-27-23(29-36-19)17-8-10-18(11-9-17)35-6-2/h8-11,16H,5-7,12-15,26H2,1-4H3,(H,28,33,34). The van der Waals surface area contributed by atoms with Crippen molar-refractivity contribution in [3.63, 3.8) is 0 Å². The Morgan fingerprint density at radius 1 is 1.22 bits per heavy atom. The van der Waals surface area contributed by atoms with Crippen LogP contribution in [-0.4, -0.2) is 38.8 Å². The Morgan fingerprint density at radius 3 is 2.58 bits per heavy atom. The fraction of sp³-hybridized carbons (Fsp3) is 0.480. The van der Waals surface area contributed by atoms with Crippen LogP contribution in [0.2, 0.25) is 0 Å². The molecule has 2 heterocycles. The van der Waals surface area contributed by atoms with E-state index in [1.165, 1.54) is 9.47 Å². The van der Waals surface area contributed by atoms with Gasteiger partial charge in [0.25, 0.3) is 5.56 Å². The molecular formula is C25H34N6O5. The molecule has 11 nitrogen and oxygen atoms in total. The minimum absolute atomic E-state index is 0.00527. The number of carbonyl (C=O) groups is 1. The summed E-state index contributed by atoms with van der Waals surface area (Å²) in [7, 11) is 0. The van der Waals surface area contributed by atoms with Gasteiger partial charge in [0.15, 0.2) is 5.69 Å². The van der Waals surface area contributed by atoms with Gasteiger partial charge in [0.1, 0.15) is 11.6 Å². The van der Waals surface area contributed by atoms with E-state index in [1.54, 1.807) is 0 Å². The first-order valence-corrected chi connectivity index (χ1v) is 12.2. The lowest BCUT2D eigenvalue weighted by molar-refractivity contribution is -0.118. The second-order valence-corrected chi connectivity index (χ2v) is 8.87. The number of anilines is 2. The number of nitrogens with one attached hydrogen (secondary N) is 1. The number of hydrogen-bond acceptors (Lipinski definition) is 8. The zero-order valence-corrected chi connectivity index (χ0v) is 21.2. The van der Waals surface area contributed by atoms with Crippen LogP contribution >= 0.6 is 0 Å². The predicted octanol–water partition coefficient (Wildman–Crippen LogP) is 2.99. The summed E-state index contributed by atoms with van der Waals surface area (Å²) in [6, 6.07) is 7.31. The molecule has 0 unspecified atom stereocenters. The molecule has 1 aromatic carbocycles. The molecule has 36 heavy (non-hydrogen) atoms. The van der Waals surface area contributed by atoms with Crippen LogP contribution in [0.15, 0.2) is 38.4 Å². The predicted molar refractivity (Wildman–Crippen MR) is 137 cm³/mol. The number of unbranched alkanes of at least 4 members (excludes halogenated alkanes) is 1. The Morgan fingerprint density at radius 2 is 1.94 bits per heavy atom. The minimum Gasteiger partial charge on any atom is -0.494 e. The maximum absolute atomic E-state index is 13.2. The van der Waals surface area contributed by atoms with E-state index < -0.39 is 11.2 Å².